The van der Waals surface area contributed by atoms with Gasteiger partial charge in [-0.1, -0.05) is 22.6 Å². The second kappa shape index (κ2) is 6.08. The van der Waals surface area contributed by atoms with Gasteiger partial charge in [-0.2, -0.15) is 5.06 Å². The van der Waals surface area contributed by atoms with Crippen molar-refractivity contribution in [2.45, 2.75) is 11.0 Å². The van der Waals surface area contributed by atoms with E-state index < -0.39 is 5.82 Å². The predicted octanol–water partition coefficient (Wildman–Crippen LogP) is 2.60. The number of nitrogens with one attached hydrogen (secondary N) is 1. The average Bonchev–Trinajstić information content (AvgIpc) is 2.75. The van der Waals surface area contributed by atoms with E-state index in [2.05, 4.69) is 43.1 Å². The summed E-state index contributed by atoms with van der Waals surface area (Å²) < 4.78 is 12.6. The molecule has 9 heteroatoms. The number of rotatable bonds is 4. The van der Waals surface area contributed by atoms with E-state index in [9.17, 15) is 9.18 Å². The first-order valence-electron chi connectivity index (χ1n) is 6.47. The van der Waals surface area contributed by atoms with Gasteiger partial charge in [0.1, 0.15) is 15.7 Å². The molecule has 0 aromatic carbocycles. The highest BCUT2D eigenvalue weighted by atomic mass is 127. The largest absolute Gasteiger partial charge is 0.323 e. The standard InChI is InChI=1S/C13H11FIN5O2/c1-2-22-20-12(15)8-5-10(18-19-11(8)13(20)21)17-9-4-3-7(14)6-16-9/h3-6,12H,2H2,1H3,(H,16,17,18). The van der Waals surface area contributed by atoms with Crippen molar-refractivity contribution in [1.29, 1.82) is 0 Å². The van der Waals surface area contributed by atoms with Gasteiger partial charge in [0.25, 0.3) is 5.91 Å². The van der Waals surface area contributed by atoms with Crippen LogP contribution >= 0.6 is 22.6 Å². The van der Waals surface area contributed by atoms with Crippen LogP contribution in [0.2, 0.25) is 0 Å². The Morgan fingerprint density at radius 3 is 2.91 bits per heavy atom. The fourth-order valence-corrected chi connectivity index (χ4v) is 2.88. The molecule has 3 rings (SSSR count). The summed E-state index contributed by atoms with van der Waals surface area (Å²) in [6.07, 6.45) is 1.10. The van der Waals surface area contributed by atoms with Crippen LogP contribution in [0.4, 0.5) is 16.0 Å². The van der Waals surface area contributed by atoms with Crippen molar-refractivity contribution in [3.8, 4) is 0 Å². The summed E-state index contributed by atoms with van der Waals surface area (Å²) in [6.45, 7) is 2.19. The van der Waals surface area contributed by atoms with Gasteiger partial charge in [0, 0.05) is 5.56 Å². The number of fused-ring (bicyclic) bond motifs is 1. The van der Waals surface area contributed by atoms with Crippen LogP contribution in [0.1, 0.15) is 27.0 Å². The van der Waals surface area contributed by atoms with Crippen LogP contribution in [0.15, 0.2) is 24.4 Å². The molecule has 0 fully saturated rings. The number of anilines is 2. The van der Waals surface area contributed by atoms with Crippen molar-refractivity contribution in [2.24, 2.45) is 0 Å². The van der Waals surface area contributed by atoms with Gasteiger partial charge in [-0.05, 0) is 25.1 Å². The molecule has 0 aliphatic carbocycles. The number of alkyl halides is 1. The molecule has 22 heavy (non-hydrogen) atoms. The lowest BCUT2D eigenvalue weighted by atomic mass is 10.2. The summed E-state index contributed by atoms with van der Waals surface area (Å²) in [5.41, 5.74) is 0.976. The quantitative estimate of drug-likeness (QED) is 0.470. The molecule has 114 valence electrons. The number of carbonyl (C=O) groups excluding carboxylic acids is 1. The highest BCUT2D eigenvalue weighted by molar-refractivity contribution is 14.1. The van der Waals surface area contributed by atoms with E-state index in [1.54, 1.807) is 13.0 Å². The number of nitrogens with zero attached hydrogens (tertiary/aromatic N) is 4. The number of amides is 1. The van der Waals surface area contributed by atoms with Crippen molar-refractivity contribution < 1.29 is 14.0 Å². The van der Waals surface area contributed by atoms with E-state index in [1.165, 1.54) is 17.2 Å². The van der Waals surface area contributed by atoms with Crippen LogP contribution in [-0.2, 0) is 4.84 Å². The number of hydrogen-bond donors (Lipinski definition) is 1. The molecule has 0 spiro atoms. The Bertz CT molecular complexity index is 712. The Kier molecular flexibility index (Phi) is 4.16. The minimum atomic E-state index is -0.420. The zero-order chi connectivity index (χ0) is 15.7. The molecule has 7 nitrogen and oxygen atoms in total. The molecule has 2 aromatic heterocycles. The van der Waals surface area contributed by atoms with E-state index in [1.807, 2.05) is 0 Å². The fourth-order valence-electron chi connectivity index (χ4n) is 1.99. The molecule has 3 heterocycles. The van der Waals surface area contributed by atoms with Gasteiger partial charge < -0.3 is 5.32 Å². The van der Waals surface area contributed by atoms with E-state index in [-0.39, 0.29) is 15.6 Å². The zero-order valence-electron chi connectivity index (χ0n) is 11.5. The maximum atomic E-state index is 12.8. The van der Waals surface area contributed by atoms with Gasteiger partial charge in [0.2, 0.25) is 0 Å². The van der Waals surface area contributed by atoms with Crippen molar-refractivity contribution in [2.75, 3.05) is 11.9 Å². The third-order valence-electron chi connectivity index (χ3n) is 2.94. The number of carbonyl (C=O) groups is 1. The van der Waals surface area contributed by atoms with Crippen molar-refractivity contribution in [3.63, 3.8) is 0 Å². The summed E-state index contributed by atoms with van der Waals surface area (Å²) in [4.78, 5) is 21.3. The molecule has 0 saturated heterocycles. The van der Waals surface area contributed by atoms with E-state index in [0.29, 0.717) is 23.8 Å². The molecular formula is C13H11FIN5O2. The average molecular weight is 415 g/mol. The monoisotopic (exact) mass is 415 g/mol. The van der Waals surface area contributed by atoms with Gasteiger partial charge in [-0.25, -0.2) is 9.37 Å². The van der Waals surface area contributed by atoms with E-state index in [0.717, 1.165) is 6.20 Å². The minimum absolute atomic E-state index is 0.269. The van der Waals surface area contributed by atoms with Gasteiger partial charge in [-0.3, -0.25) is 9.63 Å². The van der Waals surface area contributed by atoms with Crippen LogP contribution in [0, 0.1) is 5.82 Å². The summed E-state index contributed by atoms with van der Waals surface area (Å²) in [6, 6.07) is 4.49. The molecule has 1 amide bonds. The second-order valence-corrected chi connectivity index (χ2v) is 5.58. The normalized spacial score (nSPS) is 16.8. The second-order valence-electron chi connectivity index (χ2n) is 4.40. The van der Waals surface area contributed by atoms with Crippen LogP contribution in [0.25, 0.3) is 0 Å². The highest BCUT2D eigenvalue weighted by Gasteiger charge is 2.38. The SMILES string of the molecule is CCON1C(=O)c2nnc(Nc3ccc(F)cn3)cc2C1I. The van der Waals surface area contributed by atoms with E-state index in [4.69, 9.17) is 4.84 Å². The minimum Gasteiger partial charge on any atom is -0.323 e. The number of hydrogen-bond acceptors (Lipinski definition) is 6. The zero-order valence-corrected chi connectivity index (χ0v) is 13.6. The summed E-state index contributed by atoms with van der Waals surface area (Å²) >= 11 is 2.10. The summed E-state index contributed by atoms with van der Waals surface area (Å²) in [7, 11) is 0. The summed E-state index contributed by atoms with van der Waals surface area (Å²) in [5.74, 6) is 0.128. The van der Waals surface area contributed by atoms with E-state index >= 15 is 0 Å². The van der Waals surface area contributed by atoms with Crippen LogP contribution < -0.4 is 5.32 Å². The molecule has 1 unspecified atom stereocenters. The maximum absolute atomic E-state index is 12.8. The lowest BCUT2D eigenvalue weighted by Gasteiger charge is -2.18. The Morgan fingerprint density at radius 2 is 2.23 bits per heavy atom. The molecule has 1 atom stereocenters. The first kappa shape index (κ1) is 15.0. The Balaban J connectivity index is 1.86. The number of hydroxylamine groups is 2. The molecule has 2 aromatic rings. The third kappa shape index (κ3) is 2.73. The van der Waals surface area contributed by atoms with Crippen molar-refractivity contribution >= 4 is 40.1 Å². The Morgan fingerprint density at radius 1 is 1.41 bits per heavy atom. The maximum Gasteiger partial charge on any atom is 0.299 e. The molecule has 1 aliphatic rings. The van der Waals surface area contributed by atoms with Gasteiger partial charge in [0.15, 0.2) is 11.5 Å². The topological polar surface area (TPSA) is 80.2 Å². The first-order valence-corrected chi connectivity index (χ1v) is 7.71. The Hall–Kier alpha value is -1.88. The van der Waals surface area contributed by atoms with Crippen molar-refractivity contribution in [1.82, 2.24) is 20.2 Å². The third-order valence-corrected chi connectivity index (χ3v) is 4.12. The molecule has 0 radical (unpaired) electrons. The number of aromatic nitrogens is 3. The molecule has 0 bridgehead atoms. The van der Waals surface area contributed by atoms with Gasteiger partial charge >= 0.3 is 0 Å². The lowest BCUT2D eigenvalue weighted by Crippen LogP contribution is -2.25. The smallest absolute Gasteiger partial charge is 0.299 e. The molecule has 1 aliphatic heterocycles. The van der Waals surface area contributed by atoms with Gasteiger partial charge in [-0.15, -0.1) is 10.2 Å². The van der Waals surface area contributed by atoms with Crippen molar-refractivity contribution in [3.05, 3.63) is 41.5 Å². The number of pyridine rings is 1. The lowest BCUT2D eigenvalue weighted by molar-refractivity contribution is -0.118. The Labute approximate surface area is 139 Å². The summed E-state index contributed by atoms with van der Waals surface area (Å²) in [5, 5.41) is 12.1. The van der Waals surface area contributed by atoms with Crippen LogP contribution in [0.3, 0.4) is 0 Å². The number of halogens is 2. The molecule has 1 N–H and O–H groups in total. The molecular weight excluding hydrogens is 404 g/mol. The molecule has 0 saturated carbocycles. The van der Waals surface area contributed by atoms with Gasteiger partial charge in [0.05, 0.1) is 12.8 Å². The van der Waals surface area contributed by atoms with Crippen LogP contribution in [-0.4, -0.2) is 32.8 Å². The first-order chi connectivity index (χ1) is 10.6. The predicted molar refractivity (Wildman–Crippen MR) is 84.1 cm³/mol. The fraction of sp³-hybridized carbons (Fsp3) is 0.231. The van der Waals surface area contributed by atoms with Crippen LogP contribution in [0.5, 0.6) is 0 Å². The highest BCUT2D eigenvalue weighted by Crippen LogP contribution is 2.38.